The van der Waals surface area contributed by atoms with Crippen molar-refractivity contribution >= 4 is 23.2 Å². The van der Waals surface area contributed by atoms with Gasteiger partial charge in [-0.3, -0.25) is 0 Å². The summed E-state index contributed by atoms with van der Waals surface area (Å²) in [5.74, 6) is 0. The number of benzene rings is 1. The molecule has 1 aromatic rings. The molecule has 1 aliphatic rings. The Morgan fingerprint density at radius 2 is 1.82 bits per heavy atom. The molecule has 0 saturated heterocycles. The summed E-state index contributed by atoms with van der Waals surface area (Å²) in [4.78, 5) is 2.29. The van der Waals surface area contributed by atoms with Gasteiger partial charge in [0.15, 0.2) is 0 Å². The lowest BCUT2D eigenvalue weighted by molar-refractivity contribution is 0.109. The normalized spacial score (nSPS) is 20.1. The average molecular weight is 272 g/mol. The first-order valence-electron chi connectivity index (χ1n) is 6.09. The van der Waals surface area contributed by atoms with Crippen LogP contribution in [0.3, 0.4) is 0 Å². The van der Waals surface area contributed by atoms with Crippen LogP contribution in [-0.2, 0) is 5.41 Å². The smallest absolute Gasteiger partial charge is 0.0595 e. The maximum Gasteiger partial charge on any atom is 0.0595 e. The Balaban J connectivity index is 2.38. The van der Waals surface area contributed by atoms with Crippen molar-refractivity contribution in [3.63, 3.8) is 0 Å². The number of hydrogen-bond donors (Lipinski definition) is 0. The number of rotatable bonds is 3. The van der Waals surface area contributed by atoms with Crippen LogP contribution in [0.4, 0.5) is 0 Å². The van der Waals surface area contributed by atoms with Crippen molar-refractivity contribution in [1.82, 2.24) is 4.90 Å². The fourth-order valence-corrected chi connectivity index (χ4v) is 3.10. The Morgan fingerprint density at radius 1 is 1.18 bits per heavy atom. The minimum Gasteiger partial charge on any atom is -0.306 e. The van der Waals surface area contributed by atoms with Gasteiger partial charge in [-0.2, -0.15) is 0 Å². The number of hydrogen-bond acceptors (Lipinski definition) is 1. The Labute approximate surface area is 114 Å². The van der Waals surface area contributed by atoms with Crippen LogP contribution in [0.25, 0.3) is 0 Å². The molecule has 0 bridgehead atoms. The largest absolute Gasteiger partial charge is 0.306 e. The van der Waals surface area contributed by atoms with Gasteiger partial charge in [0.1, 0.15) is 0 Å². The quantitative estimate of drug-likeness (QED) is 0.790. The van der Waals surface area contributed by atoms with Crippen molar-refractivity contribution in [2.24, 2.45) is 0 Å². The predicted molar refractivity (Wildman–Crippen MR) is 75.1 cm³/mol. The molecule has 1 aromatic carbocycles. The van der Waals surface area contributed by atoms with Crippen LogP contribution in [0.15, 0.2) is 18.2 Å². The van der Waals surface area contributed by atoms with E-state index in [0.29, 0.717) is 16.1 Å². The first kappa shape index (κ1) is 13.2. The van der Waals surface area contributed by atoms with Crippen LogP contribution in [0, 0.1) is 0 Å². The first-order valence-corrected chi connectivity index (χ1v) is 6.85. The highest BCUT2D eigenvalue weighted by Gasteiger charge is 2.44. The maximum atomic E-state index is 6.14. The van der Waals surface area contributed by atoms with Gasteiger partial charge in [-0.25, -0.2) is 0 Å². The van der Waals surface area contributed by atoms with Crippen LogP contribution in [-0.4, -0.2) is 25.0 Å². The molecule has 3 heteroatoms. The molecule has 1 fully saturated rings. The lowest BCUT2D eigenvalue weighted by Gasteiger charge is -2.49. The Hall–Kier alpha value is -0.240. The van der Waals surface area contributed by atoms with Crippen LogP contribution in [0.2, 0.25) is 10.0 Å². The molecule has 94 valence electrons. The van der Waals surface area contributed by atoms with Crippen molar-refractivity contribution in [2.75, 3.05) is 14.1 Å². The zero-order chi connectivity index (χ0) is 12.6. The van der Waals surface area contributed by atoms with Gasteiger partial charge in [-0.15, -0.1) is 0 Å². The van der Waals surface area contributed by atoms with Crippen LogP contribution < -0.4 is 0 Å². The van der Waals surface area contributed by atoms with E-state index < -0.39 is 0 Å². The third kappa shape index (κ3) is 2.21. The molecule has 0 radical (unpaired) electrons. The molecule has 0 aromatic heterocycles. The third-order valence-corrected chi connectivity index (χ3v) is 5.05. The van der Waals surface area contributed by atoms with Gasteiger partial charge in [-0.1, -0.05) is 35.7 Å². The predicted octanol–water partition coefficient (Wildman–Crippen LogP) is 4.37. The molecule has 1 unspecified atom stereocenters. The zero-order valence-electron chi connectivity index (χ0n) is 10.6. The van der Waals surface area contributed by atoms with E-state index in [0.717, 1.165) is 0 Å². The molecule has 17 heavy (non-hydrogen) atoms. The second-order valence-electron chi connectivity index (χ2n) is 5.28. The lowest BCUT2D eigenvalue weighted by atomic mass is 9.60. The Morgan fingerprint density at radius 3 is 2.24 bits per heavy atom. The summed E-state index contributed by atoms with van der Waals surface area (Å²) in [6.07, 6.45) is 3.78. The maximum absolute atomic E-state index is 6.14. The summed E-state index contributed by atoms with van der Waals surface area (Å²) in [6.45, 7) is 2.29. The summed E-state index contributed by atoms with van der Waals surface area (Å²) >= 11 is 12.1. The standard InChI is InChI=1S/C14H19Cl2N/c1-10(17(2)3)14(7-4-8-14)11-5-6-12(15)13(16)9-11/h5-6,9-10H,4,7-8H2,1-3H3. The Bertz CT molecular complexity index is 411. The van der Waals surface area contributed by atoms with Crippen molar-refractivity contribution in [3.05, 3.63) is 33.8 Å². The second-order valence-corrected chi connectivity index (χ2v) is 6.09. The van der Waals surface area contributed by atoms with E-state index >= 15 is 0 Å². The van der Waals surface area contributed by atoms with Gasteiger partial charge in [0.2, 0.25) is 0 Å². The number of nitrogens with zero attached hydrogens (tertiary/aromatic N) is 1. The van der Waals surface area contributed by atoms with Crippen molar-refractivity contribution in [1.29, 1.82) is 0 Å². The van der Waals surface area contributed by atoms with E-state index in [1.165, 1.54) is 24.8 Å². The average Bonchev–Trinajstić information content (AvgIpc) is 2.21. The molecule has 1 saturated carbocycles. The van der Waals surface area contributed by atoms with E-state index in [1.54, 1.807) is 0 Å². The van der Waals surface area contributed by atoms with Crippen LogP contribution in [0.5, 0.6) is 0 Å². The molecule has 0 N–H and O–H groups in total. The fourth-order valence-electron chi connectivity index (χ4n) is 2.81. The number of halogens is 2. The molecule has 0 spiro atoms. The van der Waals surface area contributed by atoms with Crippen molar-refractivity contribution in [3.8, 4) is 0 Å². The van der Waals surface area contributed by atoms with Gasteiger partial charge in [0, 0.05) is 11.5 Å². The zero-order valence-corrected chi connectivity index (χ0v) is 12.1. The number of likely N-dealkylation sites (N-methyl/N-ethyl adjacent to an activating group) is 1. The van der Waals surface area contributed by atoms with Gasteiger partial charge >= 0.3 is 0 Å². The lowest BCUT2D eigenvalue weighted by Crippen LogP contribution is -2.50. The molecule has 0 amide bonds. The minimum atomic E-state index is 0.262. The van der Waals surface area contributed by atoms with E-state index in [9.17, 15) is 0 Å². The minimum absolute atomic E-state index is 0.262. The van der Waals surface area contributed by atoms with Crippen molar-refractivity contribution in [2.45, 2.75) is 37.6 Å². The van der Waals surface area contributed by atoms with Gasteiger partial charge in [-0.05, 0) is 51.6 Å². The SMILES string of the molecule is CC(N(C)C)C1(c2ccc(Cl)c(Cl)c2)CCC1. The van der Waals surface area contributed by atoms with Gasteiger partial charge in [0.25, 0.3) is 0 Å². The molecule has 1 aliphatic carbocycles. The topological polar surface area (TPSA) is 3.24 Å². The van der Waals surface area contributed by atoms with E-state index in [4.69, 9.17) is 23.2 Å². The molecule has 0 aliphatic heterocycles. The summed E-state index contributed by atoms with van der Waals surface area (Å²) in [7, 11) is 4.28. The van der Waals surface area contributed by atoms with Gasteiger partial charge < -0.3 is 4.90 Å². The molecule has 1 atom stereocenters. The molecule has 0 heterocycles. The van der Waals surface area contributed by atoms with E-state index in [1.807, 2.05) is 12.1 Å². The Kier molecular flexibility index (Phi) is 3.72. The van der Waals surface area contributed by atoms with Crippen LogP contribution >= 0.6 is 23.2 Å². The van der Waals surface area contributed by atoms with E-state index in [-0.39, 0.29) is 5.41 Å². The van der Waals surface area contributed by atoms with Crippen LogP contribution in [0.1, 0.15) is 31.7 Å². The van der Waals surface area contributed by atoms with E-state index in [2.05, 4.69) is 32.0 Å². The molecular weight excluding hydrogens is 253 g/mol. The highest BCUT2D eigenvalue weighted by Crippen LogP contribution is 2.48. The monoisotopic (exact) mass is 271 g/mol. The molecular formula is C14H19Cl2N. The summed E-state index contributed by atoms with van der Waals surface area (Å²) in [5.41, 5.74) is 1.59. The summed E-state index contributed by atoms with van der Waals surface area (Å²) in [6, 6.07) is 6.62. The molecule has 1 nitrogen and oxygen atoms in total. The van der Waals surface area contributed by atoms with Crippen molar-refractivity contribution < 1.29 is 0 Å². The highest BCUT2D eigenvalue weighted by atomic mass is 35.5. The third-order valence-electron chi connectivity index (χ3n) is 4.31. The van der Waals surface area contributed by atoms with Gasteiger partial charge in [0.05, 0.1) is 10.0 Å². The summed E-state index contributed by atoms with van der Waals surface area (Å²) in [5, 5.41) is 1.31. The second kappa shape index (κ2) is 4.79. The first-order chi connectivity index (χ1) is 7.97. The highest BCUT2D eigenvalue weighted by molar-refractivity contribution is 6.42. The summed E-state index contributed by atoms with van der Waals surface area (Å²) < 4.78 is 0. The molecule has 2 rings (SSSR count). The fraction of sp³-hybridized carbons (Fsp3) is 0.571.